The van der Waals surface area contributed by atoms with E-state index in [9.17, 15) is 12.8 Å². The van der Waals surface area contributed by atoms with Crippen LogP contribution in [0, 0.1) is 5.82 Å². The van der Waals surface area contributed by atoms with Gasteiger partial charge in [-0.1, -0.05) is 12.1 Å². The lowest BCUT2D eigenvalue weighted by Crippen LogP contribution is -2.27. The first-order chi connectivity index (χ1) is 8.99. The molecule has 100 valence electrons. The third kappa shape index (κ3) is 3.29. The SMILES string of the molecule is CN(c1cccnc1)S(=O)(=O)Cc1ccc(F)cc1. The van der Waals surface area contributed by atoms with Gasteiger partial charge in [0.15, 0.2) is 0 Å². The van der Waals surface area contributed by atoms with E-state index in [0.29, 0.717) is 11.3 Å². The van der Waals surface area contributed by atoms with Crippen molar-refractivity contribution in [3.05, 3.63) is 60.2 Å². The van der Waals surface area contributed by atoms with Crippen molar-refractivity contribution in [2.45, 2.75) is 5.75 Å². The zero-order chi connectivity index (χ0) is 13.9. The monoisotopic (exact) mass is 280 g/mol. The lowest BCUT2D eigenvalue weighted by atomic mass is 10.2. The van der Waals surface area contributed by atoms with Gasteiger partial charge in [-0.15, -0.1) is 0 Å². The molecule has 2 aromatic rings. The van der Waals surface area contributed by atoms with E-state index in [2.05, 4.69) is 4.98 Å². The molecule has 0 spiro atoms. The summed E-state index contributed by atoms with van der Waals surface area (Å²) in [6, 6.07) is 8.74. The van der Waals surface area contributed by atoms with Gasteiger partial charge < -0.3 is 0 Å². The molecule has 0 N–H and O–H groups in total. The minimum Gasteiger partial charge on any atom is -0.271 e. The summed E-state index contributed by atoms with van der Waals surface area (Å²) in [7, 11) is -2.04. The van der Waals surface area contributed by atoms with Crippen LogP contribution in [0.3, 0.4) is 0 Å². The van der Waals surface area contributed by atoms with E-state index in [1.165, 1.54) is 41.8 Å². The number of anilines is 1. The Morgan fingerprint density at radius 3 is 2.47 bits per heavy atom. The summed E-state index contributed by atoms with van der Waals surface area (Å²) in [5, 5.41) is 0. The van der Waals surface area contributed by atoms with E-state index in [4.69, 9.17) is 0 Å². The smallest absolute Gasteiger partial charge is 0.239 e. The minimum absolute atomic E-state index is 0.182. The van der Waals surface area contributed by atoms with Crippen LogP contribution in [0.15, 0.2) is 48.8 Å². The third-order valence-corrected chi connectivity index (χ3v) is 4.43. The molecule has 6 heteroatoms. The lowest BCUT2D eigenvalue weighted by Gasteiger charge is -2.18. The van der Waals surface area contributed by atoms with E-state index in [1.807, 2.05) is 0 Å². The zero-order valence-electron chi connectivity index (χ0n) is 10.3. The van der Waals surface area contributed by atoms with Gasteiger partial charge >= 0.3 is 0 Å². The second-order valence-electron chi connectivity index (χ2n) is 4.06. The molecule has 1 aromatic heterocycles. The summed E-state index contributed by atoms with van der Waals surface area (Å²) in [5.74, 6) is -0.569. The van der Waals surface area contributed by atoms with Crippen molar-refractivity contribution in [2.24, 2.45) is 0 Å². The Kier molecular flexibility index (Phi) is 3.80. The van der Waals surface area contributed by atoms with Gasteiger partial charge in [0, 0.05) is 13.2 Å². The van der Waals surface area contributed by atoms with Crippen LogP contribution >= 0.6 is 0 Å². The lowest BCUT2D eigenvalue weighted by molar-refractivity contribution is 0.593. The predicted octanol–water partition coefficient (Wildman–Crippen LogP) is 2.19. The molecule has 4 nitrogen and oxygen atoms in total. The topological polar surface area (TPSA) is 50.3 Å². The predicted molar refractivity (Wildman–Crippen MR) is 71.7 cm³/mol. The molecule has 0 saturated heterocycles. The number of benzene rings is 1. The molecule has 0 radical (unpaired) electrons. The Morgan fingerprint density at radius 2 is 1.89 bits per heavy atom. The first kappa shape index (κ1) is 13.5. The molecular weight excluding hydrogens is 267 g/mol. The normalized spacial score (nSPS) is 11.3. The van der Waals surface area contributed by atoms with Crippen molar-refractivity contribution in [1.29, 1.82) is 0 Å². The fraction of sp³-hybridized carbons (Fsp3) is 0.154. The second-order valence-corrected chi connectivity index (χ2v) is 6.06. The molecule has 0 bridgehead atoms. The van der Waals surface area contributed by atoms with Crippen LogP contribution in [0.5, 0.6) is 0 Å². The second kappa shape index (κ2) is 5.36. The van der Waals surface area contributed by atoms with Gasteiger partial charge in [0.2, 0.25) is 10.0 Å². The number of rotatable bonds is 4. The average molecular weight is 280 g/mol. The van der Waals surface area contributed by atoms with Crippen LogP contribution in [0.1, 0.15) is 5.56 Å². The molecule has 0 saturated carbocycles. The highest BCUT2D eigenvalue weighted by molar-refractivity contribution is 7.92. The largest absolute Gasteiger partial charge is 0.271 e. The molecule has 0 amide bonds. The van der Waals surface area contributed by atoms with Gasteiger partial charge in [-0.05, 0) is 29.8 Å². The van der Waals surface area contributed by atoms with Gasteiger partial charge in [0.05, 0.1) is 17.6 Å². The van der Waals surface area contributed by atoms with E-state index in [-0.39, 0.29) is 11.6 Å². The number of aromatic nitrogens is 1. The van der Waals surface area contributed by atoms with Crippen LogP contribution in [-0.4, -0.2) is 20.4 Å². The Bertz CT molecular complexity index is 642. The fourth-order valence-corrected chi connectivity index (χ4v) is 2.83. The maximum Gasteiger partial charge on any atom is 0.239 e. The van der Waals surface area contributed by atoms with Crippen molar-refractivity contribution >= 4 is 15.7 Å². The van der Waals surface area contributed by atoms with Crippen molar-refractivity contribution in [2.75, 3.05) is 11.4 Å². The summed E-state index contributed by atoms with van der Waals surface area (Å²) in [5.41, 5.74) is 1.03. The van der Waals surface area contributed by atoms with Crippen molar-refractivity contribution in [3.63, 3.8) is 0 Å². The molecule has 1 heterocycles. The molecule has 0 aliphatic carbocycles. The number of nitrogens with zero attached hydrogens (tertiary/aromatic N) is 2. The van der Waals surface area contributed by atoms with Gasteiger partial charge in [-0.3, -0.25) is 9.29 Å². The number of pyridine rings is 1. The first-order valence-electron chi connectivity index (χ1n) is 5.60. The van der Waals surface area contributed by atoms with E-state index in [0.717, 1.165) is 0 Å². The van der Waals surface area contributed by atoms with Crippen molar-refractivity contribution < 1.29 is 12.8 Å². The summed E-state index contributed by atoms with van der Waals surface area (Å²) >= 11 is 0. The fourth-order valence-electron chi connectivity index (χ4n) is 1.59. The molecule has 0 atom stereocenters. The molecular formula is C13H13FN2O2S. The van der Waals surface area contributed by atoms with Crippen LogP contribution in [0.25, 0.3) is 0 Å². The van der Waals surface area contributed by atoms with Crippen LogP contribution in [0.4, 0.5) is 10.1 Å². The third-order valence-electron chi connectivity index (χ3n) is 2.69. The molecule has 0 aliphatic heterocycles. The maximum absolute atomic E-state index is 12.8. The number of hydrogen-bond acceptors (Lipinski definition) is 3. The van der Waals surface area contributed by atoms with E-state index < -0.39 is 10.0 Å². The van der Waals surface area contributed by atoms with Gasteiger partial charge in [0.1, 0.15) is 5.82 Å². The summed E-state index contributed by atoms with van der Waals surface area (Å²) in [4.78, 5) is 3.88. The minimum atomic E-state index is -3.51. The molecule has 1 aromatic carbocycles. The highest BCUT2D eigenvalue weighted by Gasteiger charge is 2.19. The quantitative estimate of drug-likeness (QED) is 0.862. The molecule has 0 fully saturated rings. The van der Waals surface area contributed by atoms with Gasteiger partial charge in [-0.25, -0.2) is 12.8 Å². The number of halogens is 1. The highest BCUT2D eigenvalue weighted by atomic mass is 32.2. The maximum atomic E-state index is 12.8. The summed E-state index contributed by atoms with van der Waals surface area (Å²) < 4.78 is 38.3. The number of sulfonamides is 1. The Balaban J connectivity index is 2.21. The molecule has 2 rings (SSSR count). The van der Waals surface area contributed by atoms with Crippen LogP contribution < -0.4 is 4.31 Å². The van der Waals surface area contributed by atoms with Crippen molar-refractivity contribution in [1.82, 2.24) is 4.98 Å². The average Bonchev–Trinajstić information content (AvgIpc) is 2.41. The van der Waals surface area contributed by atoms with Crippen LogP contribution in [-0.2, 0) is 15.8 Å². The Hall–Kier alpha value is -1.95. The molecule has 19 heavy (non-hydrogen) atoms. The molecule has 0 aliphatic rings. The van der Waals surface area contributed by atoms with Gasteiger partial charge in [0.25, 0.3) is 0 Å². The van der Waals surface area contributed by atoms with Gasteiger partial charge in [-0.2, -0.15) is 0 Å². The summed E-state index contributed by atoms with van der Waals surface area (Å²) in [6.45, 7) is 0. The Morgan fingerprint density at radius 1 is 1.21 bits per heavy atom. The van der Waals surface area contributed by atoms with E-state index in [1.54, 1.807) is 18.3 Å². The highest BCUT2D eigenvalue weighted by Crippen LogP contribution is 2.17. The zero-order valence-corrected chi connectivity index (χ0v) is 11.1. The first-order valence-corrected chi connectivity index (χ1v) is 7.21. The molecule has 0 unspecified atom stereocenters. The summed E-state index contributed by atoms with van der Waals surface area (Å²) in [6.07, 6.45) is 3.05. The van der Waals surface area contributed by atoms with Crippen LogP contribution in [0.2, 0.25) is 0 Å². The van der Waals surface area contributed by atoms with Crippen molar-refractivity contribution in [3.8, 4) is 0 Å². The standard InChI is InChI=1S/C13H13FN2O2S/c1-16(13-3-2-8-15-9-13)19(17,18)10-11-4-6-12(14)7-5-11/h2-9H,10H2,1H3. The van der Waals surface area contributed by atoms with E-state index >= 15 is 0 Å². The number of hydrogen-bond donors (Lipinski definition) is 0. The Labute approximate surface area is 111 Å².